The number of fused-ring (bicyclic) bond motifs is 4. The molecule has 6 rings (SSSR count). The number of carbonyl (C=O) groups excluding carboxylic acids is 1. The van der Waals surface area contributed by atoms with Crippen LogP contribution >= 0.6 is 11.6 Å². The minimum absolute atomic E-state index is 0.0243. The maximum atomic E-state index is 14.3. The fraction of sp³-hybridized carbons (Fsp3) is 0.581. The Morgan fingerprint density at radius 1 is 1.07 bits per heavy atom. The molecule has 0 aliphatic carbocycles. The number of nitrogens with zero attached hydrogens (tertiary/aromatic N) is 8. The molecule has 5 heterocycles. The van der Waals surface area contributed by atoms with Crippen LogP contribution < -0.4 is 10.5 Å². The van der Waals surface area contributed by atoms with Crippen LogP contribution in [0.2, 0.25) is 30.7 Å². The van der Waals surface area contributed by atoms with Crippen molar-refractivity contribution in [3.05, 3.63) is 33.7 Å². The Balaban J connectivity index is 1.42. The molecule has 2 saturated heterocycles. The van der Waals surface area contributed by atoms with Crippen LogP contribution in [-0.2, 0) is 30.3 Å². The Hall–Kier alpha value is -3.42. The van der Waals surface area contributed by atoms with Gasteiger partial charge < -0.3 is 23.8 Å². The molecule has 4 aromatic rings. The second-order valence-corrected chi connectivity index (χ2v) is 20.5. The Labute approximate surface area is 268 Å². The topological polar surface area (TPSA) is 113 Å². The van der Waals surface area contributed by atoms with Gasteiger partial charge in [0.15, 0.2) is 5.65 Å². The lowest BCUT2D eigenvalue weighted by Gasteiger charge is -2.42. The second-order valence-electron chi connectivity index (χ2n) is 14.5. The van der Waals surface area contributed by atoms with Crippen LogP contribution in [0.4, 0.5) is 10.7 Å². The summed E-state index contributed by atoms with van der Waals surface area (Å²) in [7, 11) is 2.23. The number of amides is 1. The number of anilines is 1. The van der Waals surface area contributed by atoms with Gasteiger partial charge in [-0.3, -0.25) is 9.36 Å². The number of piperazine rings is 1. The summed E-state index contributed by atoms with van der Waals surface area (Å²) in [5.41, 5.74) is 2.42. The van der Waals surface area contributed by atoms with E-state index in [1.807, 2.05) is 43.7 Å². The summed E-state index contributed by atoms with van der Waals surface area (Å²) in [6.07, 6.45) is 3.41. The number of rotatable bonds is 7. The highest BCUT2D eigenvalue weighted by Gasteiger charge is 2.44. The Kier molecular flexibility index (Phi) is 8.01. The standard InChI is InChI=1S/C31H43ClN8O4Si/c1-31(2,3)44-30(42)38-15-19-9-10-20(16-38)40(19)29-33-27-24(28(41)36(29)4)22(17-39(27)18-43-13-14-45(6,7)8)21-11-12-23-26(25(21)32)35-37(5)34-23/h11-12,17,19-20H,9-10,13-16,18H2,1-8H3. The summed E-state index contributed by atoms with van der Waals surface area (Å²) in [5.74, 6) is 0.590. The van der Waals surface area contributed by atoms with E-state index >= 15 is 0 Å². The molecule has 242 valence electrons. The van der Waals surface area contributed by atoms with Gasteiger partial charge in [-0.1, -0.05) is 37.3 Å². The monoisotopic (exact) mass is 654 g/mol. The fourth-order valence-corrected chi connectivity index (χ4v) is 7.40. The maximum Gasteiger partial charge on any atom is 0.410 e. The number of hydrogen-bond donors (Lipinski definition) is 0. The highest BCUT2D eigenvalue weighted by Crippen LogP contribution is 2.39. The molecular formula is C31H43ClN8O4Si. The minimum Gasteiger partial charge on any atom is -0.444 e. The highest BCUT2D eigenvalue weighted by molar-refractivity contribution is 6.76. The third kappa shape index (κ3) is 6.09. The Bertz CT molecular complexity index is 1820. The number of ether oxygens (including phenoxy) is 2. The van der Waals surface area contributed by atoms with Crippen molar-refractivity contribution in [2.24, 2.45) is 14.1 Å². The molecular weight excluding hydrogens is 612 g/mol. The zero-order chi connectivity index (χ0) is 32.4. The van der Waals surface area contributed by atoms with Gasteiger partial charge in [-0.05, 0) is 45.7 Å². The average molecular weight is 655 g/mol. The first-order valence-electron chi connectivity index (χ1n) is 15.5. The molecule has 2 atom stereocenters. The molecule has 1 aromatic carbocycles. The molecule has 14 heteroatoms. The number of benzene rings is 1. The molecule has 2 unspecified atom stereocenters. The fourth-order valence-electron chi connectivity index (χ4n) is 6.35. The molecule has 0 saturated carbocycles. The lowest BCUT2D eigenvalue weighted by Crippen LogP contribution is -2.57. The van der Waals surface area contributed by atoms with E-state index in [0.717, 1.165) is 18.9 Å². The van der Waals surface area contributed by atoms with Crippen molar-refractivity contribution < 1.29 is 14.3 Å². The van der Waals surface area contributed by atoms with Gasteiger partial charge in [0, 0.05) is 59.2 Å². The molecule has 0 spiro atoms. The smallest absolute Gasteiger partial charge is 0.410 e. The largest absolute Gasteiger partial charge is 0.444 e. The summed E-state index contributed by atoms with van der Waals surface area (Å²) < 4.78 is 15.4. The van der Waals surface area contributed by atoms with Gasteiger partial charge in [-0.25, -0.2) is 4.79 Å². The summed E-state index contributed by atoms with van der Waals surface area (Å²) in [5, 5.41) is 9.73. The lowest BCUT2D eigenvalue weighted by molar-refractivity contribution is 0.0208. The Morgan fingerprint density at radius 3 is 2.40 bits per heavy atom. The van der Waals surface area contributed by atoms with Crippen molar-refractivity contribution in [2.75, 3.05) is 24.6 Å². The summed E-state index contributed by atoms with van der Waals surface area (Å²) in [6.45, 7) is 14.5. The minimum atomic E-state index is -1.29. The molecule has 2 aliphatic heterocycles. The van der Waals surface area contributed by atoms with E-state index in [0.29, 0.717) is 63.9 Å². The first-order valence-corrected chi connectivity index (χ1v) is 19.6. The molecule has 2 fully saturated rings. The van der Waals surface area contributed by atoms with Crippen molar-refractivity contribution in [2.45, 2.75) is 83.7 Å². The van der Waals surface area contributed by atoms with Crippen LogP contribution in [0.1, 0.15) is 33.6 Å². The van der Waals surface area contributed by atoms with Gasteiger partial charge in [0.05, 0.1) is 22.5 Å². The van der Waals surface area contributed by atoms with Gasteiger partial charge in [0.2, 0.25) is 5.95 Å². The number of likely N-dealkylation sites (tertiary alicyclic amines) is 1. The van der Waals surface area contributed by atoms with E-state index in [4.69, 9.17) is 26.1 Å². The average Bonchev–Trinajstić information content (AvgIpc) is 3.57. The molecule has 45 heavy (non-hydrogen) atoms. The normalized spacial score (nSPS) is 18.9. The van der Waals surface area contributed by atoms with Gasteiger partial charge in [-0.2, -0.15) is 20.0 Å². The van der Waals surface area contributed by atoms with Gasteiger partial charge in [0.25, 0.3) is 5.56 Å². The third-order valence-corrected chi connectivity index (χ3v) is 10.6. The van der Waals surface area contributed by atoms with Crippen molar-refractivity contribution in [3.8, 4) is 11.1 Å². The maximum absolute atomic E-state index is 14.3. The molecule has 2 aliphatic rings. The molecule has 3 aromatic heterocycles. The molecule has 12 nitrogen and oxygen atoms in total. The zero-order valence-electron chi connectivity index (χ0n) is 27.4. The van der Waals surface area contributed by atoms with Gasteiger partial charge in [-0.15, -0.1) is 0 Å². The number of carbonyl (C=O) groups is 1. The highest BCUT2D eigenvalue weighted by atomic mass is 35.5. The predicted molar refractivity (Wildman–Crippen MR) is 179 cm³/mol. The summed E-state index contributed by atoms with van der Waals surface area (Å²) in [6, 6.07) is 4.83. The van der Waals surface area contributed by atoms with E-state index in [9.17, 15) is 9.59 Å². The van der Waals surface area contributed by atoms with Gasteiger partial charge in [0.1, 0.15) is 23.4 Å². The van der Waals surface area contributed by atoms with Crippen LogP contribution in [0.3, 0.4) is 0 Å². The van der Waals surface area contributed by atoms with Crippen molar-refractivity contribution in [3.63, 3.8) is 0 Å². The molecule has 0 N–H and O–H groups in total. The van der Waals surface area contributed by atoms with E-state index in [-0.39, 0.29) is 30.5 Å². The summed E-state index contributed by atoms with van der Waals surface area (Å²) >= 11 is 6.92. The first kappa shape index (κ1) is 31.6. The number of hydrogen-bond acceptors (Lipinski definition) is 8. The molecule has 1 amide bonds. The van der Waals surface area contributed by atoms with Crippen molar-refractivity contribution in [1.82, 2.24) is 34.0 Å². The zero-order valence-corrected chi connectivity index (χ0v) is 29.2. The van der Waals surface area contributed by atoms with Crippen LogP contribution in [0.15, 0.2) is 23.1 Å². The SMILES string of the molecule is Cn1nc2ccc(-c3cn(COCC[Si](C)(C)C)c4nc(N5C6CCC5CN(C(=O)OC(C)(C)C)C6)n(C)c(=O)c34)c(Cl)c2n1. The van der Waals surface area contributed by atoms with Crippen LogP contribution in [-0.4, -0.2) is 85.6 Å². The van der Waals surface area contributed by atoms with Crippen LogP contribution in [0.25, 0.3) is 33.2 Å². The second kappa shape index (κ2) is 11.4. The van der Waals surface area contributed by atoms with E-state index in [1.54, 1.807) is 23.6 Å². The van der Waals surface area contributed by atoms with Crippen LogP contribution in [0.5, 0.6) is 0 Å². The Morgan fingerprint density at radius 2 is 1.76 bits per heavy atom. The molecule has 0 radical (unpaired) electrons. The predicted octanol–water partition coefficient (Wildman–Crippen LogP) is 5.24. The number of halogens is 1. The lowest BCUT2D eigenvalue weighted by atomic mass is 10.1. The van der Waals surface area contributed by atoms with E-state index in [2.05, 4.69) is 34.7 Å². The van der Waals surface area contributed by atoms with Crippen molar-refractivity contribution >= 4 is 53.8 Å². The van der Waals surface area contributed by atoms with E-state index in [1.165, 1.54) is 4.80 Å². The number of aromatic nitrogens is 6. The van der Waals surface area contributed by atoms with Gasteiger partial charge >= 0.3 is 6.09 Å². The first-order chi connectivity index (χ1) is 21.1. The third-order valence-electron chi connectivity index (χ3n) is 8.55. The van der Waals surface area contributed by atoms with Crippen LogP contribution in [0, 0.1) is 0 Å². The quantitative estimate of drug-likeness (QED) is 0.197. The number of aryl methyl sites for hydroxylation is 1. The van der Waals surface area contributed by atoms with Crippen molar-refractivity contribution in [1.29, 1.82) is 0 Å². The van der Waals surface area contributed by atoms with E-state index < -0.39 is 13.7 Å². The molecule has 2 bridgehead atoms. The summed E-state index contributed by atoms with van der Waals surface area (Å²) in [4.78, 5) is 37.9.